The van der Waals surface area contributed by atoms with Crippen LogP contribution in [0.4, 0.5) is 14.9 Å². The van der Waals surface area contributed by atoms with Crippen LogP contribution < -0.4 is 4.90 Å². The lowest BCUT2D eigenvalue weighted by Crippen LogP contribution is -2.50. The summed E-state index contributed by atoms with van der Waals surface area (Å²) in [6.45, 7) is 3.58. The van der Waals surface area contributed by atoms with Gasteiger partial charge in [0.1, 0.15) is 5.82 Å². The first-order valence-corrected chi connectivity index (χ1v) is 9.95. The molecule has 2 saturated heterocycles. The highest BCUT2D eigenvalue weighted by atomic mass is 32.2. The van der Waals surface area contributed by atoms with Crippen LogP contribution in [-0.4, -0.2) is 53.8 Å². The minimum Gasteiger partial charge on any atom is -0.369 e. The molecule has 2 fully saturated rings. The Labute approximate surface area is 167 Å². The van der Waals surface area contributed by atoms with Crippen LogP contribution >= 0.6 is 11.8 Å². The molecule has 2 aliphatic heterocycles. The number of hydrogen-bond donors (Lipinski definition) is 0. The van der Waals surface area contributed by atoms with Gasteiger partial charge in [-0.3, -0.25) is 19.4 Å². The Balaban J connectivity index is 1.37. The highest BCUT2D eigenvalue weighted by Crippen LogP contribution is 2.32. The highest BCUT2D eigenvalue weighted by molar-refractivity contribution is 8.18. The second-order valence-electron chi connectivity index (χ2n) is 6.74. The van der Waals surface area contributed by atoms with Crippen molar-refractivity contribution in [2.24, 2.45) is 0 Å². The van der Waals surface area contributed by atoms with Crippen LogP contribution in [0.15, 0.2) is 59.5 Å². The van der Waals surface area contributed by atoms with E-state index in [0.29, 0.717) is 17.1 Å². The summed E-state index contributed by atoms with van der Waals surface area (Å²) >= 11 is 0.935. The van der Waals surface area contributed by atoms with Gasteiger partial charge in [0.15, 0.2) is 0 Å². The molecule has 2 amide bonds. The molecule has 0 saturated carbocycles. The van der Waals surface area contributed by atoms with Crippen molar-refractivity contribution in [3.63, 3.8) is 0 Å². The Morgan fingerprint density at radius 1 is 0.929 bits per heavy atom. The molecule has 2 aromatic rings. The van der Waals surface area contributed by atoms with Gasteiger partial charge in [-0.15, -0.1) is 0 Å². The largest absolute Gasteiger partial charge is 0.369 e. The van der Waals surface area contributed by atoms with E-state index in [1.807, 2.05) is 18.2 Å². The number of benzene rings is 2. The second kappa shape index (κ2) is 8.16. The zero-order valence-electron chi connectivity index (χ0n) is 15.3. The van der Waals surface area contributed by atoms with Crippen molar-refractivity contribution in [1.82, 2.24) is 9.80 Å². The zero-order valence-corrected chi connectivity index (χ0v) is 16.1. The van der Waals surface area contributed by atoms with Gasteiger partial charge in [0.25, 0.3) is 11.1 Å². The van der Waals surface area contributed by atoms with Gasteiger partial charge in [0.2, 0.25) is 0 Å². The predicted molar refractivity (Wildman–Crippen MR) is 109 cm³/mol. The number of thioether (sulfide) groups is 1. The van der Waals surface area contributed by atoms with Crippen LogP contribution in [0.1, 0.15) is 5.56 Å². The number of para-hydroxylation sites is 1. The van der Waals surface area contributed by atoms with Crippen LogP contribution in [0.25, 0.3) is 6.08 Å². The number of carbonyl (C=O) groups excluding carboxylic acids is 2. The Kier molecular flexibility index (Phi) is 5.45. The van der Waals surface area contributed by atoms with Crippen LogP contribution in [0.3, 0.4) is 0 Å². The second-order valence-corrected chi connectivity index (χ2v) is 7.74. The zero-order chi connectivity index (χ0) is 19.5. The SMILES string of the molecule is O=C1S/C(=C/c2ccc(F)cc2)C(=O)N1CN1CCN(c2ccccc2)CC1. The Bertz CT molecular complexity index is 894. The van der Waals surface area contributed by atoms with E-state index in [4.69, 9.17) is 0 Å². The van der Waals surface area contributed by atoms with Crippen LogP contribution in [0.2, 0.25) is 0 Å². The van der Waals surface area contributed by atoms with Gasteiger partial charge in [-0.05, 0) is 47.7 Å². The van der Waals surface area contributed by atoms with E-state index in [1.165, 1.54) is 22.7 Å². The molecule has 0 unspecified atom stereocenters. The monoisotopic (exact) mass is 397 g/mol. The molecule has 0 aliphatic carbocycles. The van der Waals surface area contributed by atoms with Gasteiger partial charge in [-0.2, -0.15) is 0 Å². The van der Waals surface area contributed by atoms with Gasteiger partial charge in [-0.1, -0.05) is 30.3 Å². The van der Waals surface area contributed by atoms with Crippen molar-refractivity contribution in [1.29, 1.82) is 0 Å². The number of halogens is 1. The highest BCUT2D eigenvalue weighted by Gasteiger charge is 2.36. The van der Waals surface area contributed by atoms with Crippen molar-refractivity contribution in [2.45, 2.75) is 0 Å². The third-order valence-corrected chi connectivity index (χ3v) is 5.78. The summed E-state index contributed by atoms with van der Waals surface area (Å²) in [5, 5.41) is -0.260. The molecule has 5 nitrogen and oxygen atoms in total. The van der Waals surface area contributed by atoms with E-state index in [-0.39, 0.29) is 17.0 Å². The molecule has 28 heavy (non-hydrogen) atoms. The molecule has 4 rings (SSSR count). The molecule has 144 valence electrons. The summed E-state index contributed by atoms with van der Waals surface area (Å²) in [5.74, 6) is -0.621. The molecule has 2 heterocycles. The van der Waals surface area contributed by atoms with Crippen LogP contribution in [0, 0.1) is 5.82 Å². The first kappa shape index (κ1) is 18.7. The quantitative estimate of drug-likeness (QED) is 0.737. The fraction of sp³-hybridized carbons (Fsp3) is 0.238. The summed E-state index contributed by atoms with van der Waals surface area (Å²) in [4.78, 5) is 31.1. The average molecular weight is 397 g/mol. The van der Waals surface area contributed by atoms with Crippen LogP contribution in [-0.2, 0) is 4.79 Å². The fourth-order valence-electron chi connectivity index (χ4n) is 3.32. The summed E-state index contributed by atoms with van der Waals surface area (Å²) < 4.78 is 13.0. The lowest BCUT2D eigenvalue weighted by atomic mass is 10.2. The summed E-state index contributed by atoms with van der Waals surface area (Å²) in [6, 6.07) is 16.1. The van der Waals surface area contributed by atoms with Crippen molar-refractivity contribution < 1.29 is 14.0 Å². The number of amides is 2. The summed E-state index contributed by atoms with van der Waals surface area (Å²) in [5.41, 5.74) is 1.89. The van der Waals surface area contributed by atoms with Crippen molar-refractivity contribution in [3.8, 4) is 0 Å². The smallest absolute Gasteiger partial charge is 0.294 e. The summed E-state index contributed by atoms with van der Waals surface area (Å²) in [6.07, 6.45) is 1.64. The maximum absolute atomic E-state index is 13.0. The number of imide groups is 1. The van der Waals surface area contributed by atoms with Crippen molar-refractivity contribution in [2.75, 3.05) is 37.7 Å². The Hall–Kier alpha value is -2.64. The van der Waals surface area contributed by atoms with E-state index in [2.05, 4.69) is 21.9 Å². The molecule has 0 spiro atoms. The standard InChI is InChI=1S/C21H20FN3O2S/c22-17-8-6-16(7-9-17)14-19-20(26)25(21(27)28-19)15-23-10-12-24(13-11-23)18-4-2-1-3-5-18/h1-9,14H,10-13,15H2/b19-14+. The fourth-order valence-corrected chi connectivity index (χ4v) is 4.15. The number of rotatable bonds is 4. The number of carbonyl (C=O) groups is 2. The molecular formula is C21H20FN3O2S. The van der Waals surface area contributed by atoms with E-state index >= 15 is 0 Å². The first-order valence-electron chi connectivity index (χ1n) is 9.13. The molecule has 0 N–H and O–H groups in total. The minimum atomic E-state index is -0.333. The number of piperazine rings is 1. The molecule has 0 radical (unpaired) electrons. The number of anilines is 1. The Morgan fingerprint density at radius 2 is 1.61 bits per heavy atom. The summed E-state index contributed by atoms with van der Waals surface area (Å²) in [7, 11) is 0. The number of nitrogens with zero attached hydrogens (tertiary/aromatic N) is 3. The molecule has 2 aliphatic rings. The van der Waals surface area contributed by atoms with Crippen molar-refractivity contribution >= 4 is 34.7 Å². The maximum atomic E-state index is 13.0. The van der Waals surface area contributed by atoms with Gasteiger partial charge in [0.05, 0.1) is 11.6 Å². The van der Waals surface area contributed by atoms with Crippen LogP contribution in [0.5, 0.6) is 0 Å². The normalized spacial score (nSPS) is 19.7. The lowest BCUT2D eigenvalue weighted by Gasteiger charge is -2.37. The lowest BCUT2D eigenvalue weighted by molar-refractivity contribution is -0.124. The predicted octanol–water partition coefficient (Wildman–Crippen LogP) is 3.64. The third-order valence-electron chi connectivity index (χ3n) is 4.88. The van der Waals surface area contributed by atoms with E-state index in [9.17, 15) is 14.0 Å². The van der Waals surface area contributed by atoms with Crippen molar-refractivity contribution in [3.05, 3.63) is 70.9 Å². The van der Waals surface area contributed by atoms with E-state index in [1.54, 1.807) is 18.2 Å². The minimum absolute atomic E-state index is 0.260. The molecular weight excluding hydrogens is 377 g/mol. The van der Waals surface area contributed by atoms with Gasteiger partial charge < -0.3 is 4.90 Å². The average Bonchev–Trinajstić information content (AvgIpc) is 2.98. The number of hydrogen-bond acceptors (Lipinski definition) is 5. The molecule has 0 atom stereocenters. The maximum Gasteiger partial charge on any atom is 0.294 e. The Morgan fingerprint density at radius 3 is 2.29 bits per heavy atom. The van der Waals surface area contributed by atoms with Gasteiger partial charge >= 0.3 is 0 Å². The van der Waals surface area contributed by atoms with E-state index < -0.39 is 0 Å². The van der Waals surface area contributed by atoms with Gasteiger partial charge in [0, 0.05) is 31.9 Å². The third kappa shape index (κ3) is 4.10. The van der Waals surface area contributed by atoms with Gasteiger partial charge in [-0.25, -0.2) is 4.39 Å². The van der Waals surface area contributed by atoms with E-state index in [0.717, 1.165) is 37.9 Å². The molecule has 0 aromatic heterocycles. The molecule has 2 aromatic carbocycles. The molecule has 7 heteroatoms. The molecule has 0 bridgehead atoms. The first-order chi connectivity index (χ1) is 13.6. The topological polar surface area (TPSA) is 43.9 Å².